The average molecular weight is 1010 g/mol. The van der Waals surface area contributed by atoms with Crippen LogP contribution in [0.4, 0.5) is 21.5 Å². The SMILES string of the molecule is COc1cccc(F)c1-c1nccc(C(=O)Nc2ccc(-c3cnccc3C#N)cc2N2CCN(C(=O)CCOCCOCCOCCOCCNc3cccc4c3C(=O)N(C3CCC(=O)NC3=O)C4=O)CC2)n1. The van der Waals surface area contributed by atoms with E-state index in [4.69, 9.17) is 23.7 Å². The number of piperazine rings is 1. The van der Waals surface area contributed by atoms with Gasteiger partial charge in [0.25, 0.3) is 17.7 Å². The number of carbonyl (C=O) groups is 6. The van der Waals surface area contributed by atoms with Gasteiger partial charge < -0.3 is 44.1 Å². The zero-order chi connectivity index (χ0) is 52.0. The summed E-state index contributed by atoms with van der Waals surface area (Å²) in [7, 11) is 1.40. The molecule has 6 amide bonds. The van der Waals surface area contributed by atoms with Gasteiger partial charge in [0.15, 0.2) is 5.82 Å². The molecule has 0 saturated carbocycles. The van der Waals surface area contributed by atoms with E-state index in [1.54, 1.807) is 53.7 Å². The second-order valence-corrected chi connectivity index (χ2v) is 17.0. The highest BCUT2D eigenvalue weighted by atomic mass is 19.1. The molecule has 384 valence electrons. The minimum absolute atomic E-state index is 0.00497. The van der Waals surface area contributed by atoms with Crippen molar-refractivity contribution in [3.8, 4) is 34.3 Å². The van der Waals surface area contributed by atoms with Gasteiger partial charge >= 0.3 is 0 Å². The van der Waals surface area contributed by atoms with Crippen molar-refractivity contribution >= 4 is 52.5 Å². The molecule has 0 radical (unpaired) electrons. The maximum atomic E-state index is 14.9. The summed E-state index contributed by atoms with van der Waals surface area (Å²) in [6.45, 7) is 4.46. The van der Waals surface area contributed by atoms with Gasteiger partial charge in [-0.1, -0.05) is 18.2 Å². The summed E-state index contributed by atoms with van der Waals surface area (Å²) in [6.07, 6.45) is 4.82. The second kappa shape index (κ2) is 24.9. The number of hydrogen-bond donors (Lipinski definition) is 3. The molecule has 5 heterocycles. The van der Waals surface area contributed by atoms with Gasteiger partial charge in [0, 0.05) is 69.0 Å². The largest absolute Gasteiger partial charge is 0.496 e. The fourth-order valence-electron chi connectivity index (χ4n) is 8.67. The molecular weight excluding hydrogens is 960 g/mol. The van der Waals surface area contributed by atoms with Crippen molar-refractivity contribution in [1.82, 2.24) is 30.1 Å². The summed E-state index contributed by atoms with van der Waals surface area (Å²) in [5.74, 6) is -3.29. The predicted molar refractivity (Wildman–Crippen MR) is 265 cm³/mol. The molecule has 1 unspecified atom stereocenters. The Morgan fingerprint density at radius 2 is 1.54 bits per heavy atom. The number of piperidine rings is 1. The van der Waals surface area contributed by atoms with Crippen molar-refractivity contribution in [2.75, 3.05) is 108 Å². The van der Waals surface area contributed by atoms with Crippen molar-refractivity contribution in [2.45, 2.75) is 25.3 Å². The van der Waals surface area contributed by atoms with Crippen molar-refractivity contribution in [3.63, 3.8) is 0 Å². The van der Waals surface area contributed by atoms with E-state index < -0.39 is 41.4 Å². The van der Waals surface area contributed by atoms with Gasteiger partial charge in [0.05, 0.1) is 106 Å². The number of imide groups is 2. The first kappa shape index (κ1) is 52.1. The molecule has 0 bridgehead atoms. The molecule has 5 aromatic rings. The molecule has 2 saturated heterocycles. The minimum Gasteiger partial charge on any atom is -0.496 e. The highest BCUT2D eigenvalue weighted by Gasteiger charge is 2.45. The van der Waals surface area contributed by atoms with Crippen molar-refractivity contribution in [2.24, 2.45) is 0 Å². The summed E-state index contributed by atoms with van der Waals surface area (Å²) in [6, 6.07) is 18.8. The average Bonchev–Trinajstić information content (AvgIpc) is 3.68. The normalized spacial score (nSPS) is 15.4. The Bertz CT molecular complexity index is 2940. The van der Waals surface area contributed by atoms with Crippen LogP contribution in [0.25, 0.3) is 22.5 Å². The number of methoxy groups -OCH3 is 1. The predicted octanol–water partition coefficient (Wildman–Crippen LogP) is 4.10. The van der Waals surface area contributed by atoms with Crippen LogP contribution in [0.15, 0.2) is 85.3 Å². The first-order valence-electron chi connectivity index (χ1n) is 23.9. The molecule has 22 heteroatoms. The number of ether oxygens (including phenoxy) is 5. The topological polar surface area (TPSA) is 257 Å². The number of aromatic nitrogens is 3. The Hall–Kier alpha value is -8.23. The van der Waals surface area contributed by atoms with Crippen LogP contribution >= 0.6 is 0 Å². The third-order valence-electron chi connectivity index (χ3n) is 12.4. The number of rotatable bonds is 23. The number of carbonyl (C=O) groups excluding carboxylic acids is 6. The third kappa shape index (κ3) is 12.3. The molecule has 2 fully saturated rings. The van der Waals surface area contributed by atoms with Gasteiger partial charge in [-0.3, -0.25) is 44.0 Å². The van der Waals surface area contributed by atoms with Crippen LogP contribution in [0.5, 0.6) is 5.75 Å². The molecule has 1 atom stereocenters. The summed E-state index contributed by atoms with van der Waals surface area (Å²) >= 11 is 0. The molecule has 0 spiro atoms. The van der Waals surface area contributed by atoms with E-state index >= 15 is 0 Å². The van der Waals surface area contributed by atoms with Crippen LogP contribution in [0, 0.1) is 17.1 Å². The van der Waals surface area contributed by atoms with E-state index in [-0.39, 0.29) is 65.7 Å². The first-order valence-corrected chi connectivity index (χ1v) is 23.9. The number of nitrogens with one attached hydrogen (secondary N) is 3. The molecule has 3 aliphatic rings. The van der Waals surface area contributed by atoms with Gasteiger partial charge in [0.1, 0.15) is 23.3 Å². The van der Waals surface area contributed by atoms with E-state index in [1.165, 1.54) is 37.6 Å². The lowest BCUT2D eigenvalue weighted by atomic mass is 10.0. The van der Waals surface area contributed by atoms with E-state index in [2.05, 4.69) is 41.9 Å². The Kier molecular flexibility index (Phi) is 17.6. The van der Waals surface area contributed by atoms with Gasteiger partial charge in [-0.25, -0.2) is 14.4 Å². The second-order valence-electron chi connectivity index (χ2n) is 17.0. The summed E-state index contributed by atoms with van der Waals surface area (Å²) in [5.41, 5.74) is 3.70. The van der Waals surface area contributed by atoms with Crippen LogP contribution in [0.3, 0.4) is 0 Å². The number of amides is 6. The Balaban J connectivity index is 0.721. The van der Waals surface area contributed by atoms with E-state index in [0.717, 1.165) is 4.90 Å². The Morgan fingerprint density at radius 3 is 2.27 bits per heavy atom. The summed E-state index contributed by atoms with van der Waals surface area (Å²) in [4.78, 5) is 94.8. The smallest absolute Gasteiger partial charge is 0.274 e. The van der Waals surface area contributed by atoms with Crippen molar-refractivity contribution in [3.05, 3.63) is 114 Å². The maximum absolute atomic E-state index is 14.9. The zero-order valence-corrected chi connectivity index (χ0v) is 40.5. The quantitative estimate of drug-likeness (QED) is 0.0615. The number of fused-ring (bicyclic) bond motifs is 1. The van der Waals surface area contributed by atoms with Crippen molar-refractivity contribution < 1.29 is 56.8 Å². The first-order chi connectivity index (χ1) is 36.1. The van der Waals surface area contributed by atoms with Gasteiger partial charge in [-0.05, 0) is 60.5 Å². The monoisotopic (exact) mass is 1010 g/mol. The fraction of sp³-hybridized carbons (Fsp3) is 0.346. The van der Waals surface area contributed by atoms with Crippen LogP contribution < -0.4 is 25.6 Å². The number of benzene rings is 3. The van der Waals surface area contributed by atoms with Crippen LogP contribution in [-0.2, 0) is 33.3 Å². The number of hydrogen-bond acceptors (Lipinski definition) is 17. The molecule has 8 rings (SSSR count). The fourth-order valence-corrected chi connectivity index (χ4v) is 8.67. The summed E-state index contributed by atoms with van der Waals surface area (Å²) in [5, 5.41) is 18.1. The Labute approximate surface area is 424 Å². The van der Waals surface area contributed by atoms with Gasteiger partial charge in [-0.2, -0.15) is 5.26 Å². The number of halogens is 1. The standard InChI is InChI=1S/C52H53FN10O11/c1-70-43-7-3-5-37(53)47(43)48-57-16-13-40(58-48)49(66)59-38-9-8-33(36-32-55-15-12-34(36)31-54)30-42(38)61-18-20-62(21-19-61)45(65)14-22-71-24-26-73-28-29-74-27-25-72-23-17-56-39-6-2-4-35-46(39)52(69)63(51(35)68)41-10-11-44(64)60-50(41)67/h2-9,12-13,15-16,30,32,41,56H,10-11,14,17-29H2,1H3,(H,59,66)(H,60,64,67). The molecule has 3 aliphatic heterocycles. The summed E-state index contributed by atoms with van der Waals surface area (Å²) < 4.78 is 42.7. The van der Waals surface area contributed by atoms with Crippen LogP contribution in [0.1, 0.15) is 56.0 Å². The third-order valence-corrected chi connectivity index (χ3v) is 12.4. The Morgan fingerprint density at radius 1 is 0.811 bits per heavy atom. The number of nitriles is 1. The maximum Gasteiger partial charge on any atom is 0.274 e. The molecular formula is C52H53FN10O11. The number of nitrogens with zero attached hydrogens (tertiary/aromatic N) is 7. The van der Waals surface area contributed by atoms with E-state index in [1.807, 2.05) is 6.07 Å². The molecule has 0 aliphatic carbocycles. The number of pyridine rings is 1. The lowest BCUT2D eigenvalue weighted by Gasteiger charge is -2.37. The molecule has 3 aromatic carbocycles. The van der Waals surface area contributed by atoms with Gasteiger partial charge in [-0.15, -0.1) is 0 Å². The molecule has 74 heavy (non-hydrogen) atoms. The number of anilines is 3. The zero-order valence-electron chi connectivity index (χ0n) is 40.5. The van der Waals surface area contributed by atoms with Crippen LogP contribution in [0.2, 0.25) is 0 Å². The molecule has 21 nitrogen and oxygen atoms in total. The van der Waals surface area contributed by atoms with Crippen LogP contribution in [-0.4, -0.2) is 159 Å². The molecule has 3 N–H and O–H groups in total. The minimum atomic E-state index is -1.04. The van der Waals surface area contributed by atoms with Gasteiger partial charge in [0.2, 0.25) is 17.7 Å². The lowest BCUT2D eigenvalue weighted by molar-refractivity contribution is -0.136. The highest BCUT2D eigenvalue weighted by Crippen LogP contribution is 2.36. The lowest BCUT2D eigenvalue weighted by Crippen LogP contribution is -2.54. The highest BCUT2D eigenvalue weighted by molar-refractivity contribution is 6.25. The van der Waals surface area contributed by atoms with E-state index in [9.17, 15) is 38.4 Å². The van der Waals surface area contributed by atoms with Crippen molar-refractivity contribution in [1.29, 1.82) is 5.26 Å². The van der Waals surface area contributed by atoms with E-state index in [0.29, 0.717) is 113 Å². The molecule has 2 aromatic heterocycles.